The molecule has 1 saturated carbocycles. The molecule has 1 atom stereocenters. The van der Waals surface area contributed by atoms with Crippen LogP contribution in [0.4, 0.5) is 4.79 Å². The van der Waals surface area contributed by atoms with Gasteiger partial charge in [-0.3, -0.25) is 14.0 Å². The number of hydrogen-bond acceptors (Lipinski definition) is 8. The molecule has 0 spiro atoms. The predicted molar refractivity (Wildman–Crippen MR) is 217 cm³/mol. The van der Waals surface area contributed by atoms with Gasteiger partial charge in [0.1, 0.15) is 11.2 Å². The highest BCUT2D eigenvalue weighted by atomic mass is 35.5. The molecule has 1 aliphatic carbocycles. The van der Waals surface area contributed by atoms with Crippen LogP contribution in [0.25, 0.3) is 39.2 Å². The van der Waals surface area contributed by atoms with Crippen LogP contribution in [0.3, 0.4) is 0 Å². The van der Waals surface area contributed by atoms with E-state index in [4.69, 9.17) is 37.7 Å². The van der Waals surface area contributed by atoms with E-state index >= 15 is 0 Å². The van der Waals surface area contributed by atoms with Gasteiger partial charge in [0.15, 0.2) is 0 Å². The Bertz CT molecular complexity index is 2350. The minimum atomic E-state index is -0.743. The van der Waals surface area contributed by atoms with Gasteiger partial charge in [-0.1, -0.05) is 65.7 Å². The lowest BCUT2D eigenvalue weighted by molar-refractivity contribution is -0.119. The van der Waals surface area contributed by atoms with Crippen molar-refractivity contribution < 1.29 is 24.2 Å². The van der Waals surface area contributed by atoms with Gasteiger partial charge in [0.05, 0.1) is 41.1 Å². The van der Waals surface area contributed by atoms with E-state index in [9.17, 15) is 19.5 Å². The standard InChI is InChI=1S/C43H45Cl2N5O6/c1-43(2,3)56-42(54)49(24-29-14-16-37(52)47-29)23-28-22-46-36-21-27(17-18-50(36)41(28)53)31-7-5-8-32(38(31)44)33-9-6-10-34(39(33)45)35-15-13-26(40(48-35)55-4)12-11-25-19-30(51)20-25/h5-10,13,15,17-18,21-22,25,29-30,51H,11-12,14,16,19-20,23-24H2,1-4H3,(H,47,52)/t25?,29-,30?/m0/s1. The maximum atomic E-state index is 13.8. The molecule has 56 heavy (non-hydrogen) atoms. The van der Waals surface area contributed by atoms with Crippen LogP contribution < -0.4 is 15.6 Å². The zero-order valence-corrected chi connectivity index (χ0v) is 33.4. The number of nitrogens with one attached hydrogen (secondary N) is 1. The van der Waals surface area contributed by atoms with Crippen LogP contribution in [-0.2, 0) is 22.5 Å². The molecule has 0 unspecified atom stereocenters. The molecule has 2 aromatic carbocycles. The van der Waals surface area contributed by atoms with Gasteiger partial charge in [-0.15, -0.1) is 0 Å². The van der Waals surface area contributed by atoms with Gasteiger partial charge in [-0.2, -0.15) is 0 Å². The number of aliphatic hydroxyl groups excluding tert-OH is 1. The summed E-state index contributed by atoms with van der Waals surface area (Å²) in [4.78, 5) is 49.7. The van der Waals surface area contributed by atoms with Crippen molar-refractivity contribution in [1.29, 1.82) is 0 Å². The number of hydrogen-bond donors (Lipinski definition) is 2. The number of ether oxygens (including phenoxy) is 2. The van der Waals surface area contributed by atoms with E-state index < -0.39 is 11.7 Å². The molecular weight excluding hydrogens is 753 g/mol. The molecule has 0 bridgehead atoms. The van der Waals surface area contributed by atoms with E-state index in [1.54, 1.807) is 46.2 Å². The summed E-state index contributed by atoms with van der Waals surface area (Å²) in [6.45, 7) is 5.49. The predicted octanol–water partition coefficient (Wildman–Crippen LogP) is 8.13. The normalized spacial score (nSPS) is 18.1. The van der Waals surface area contributed by atoms with Gasteiger partial charge in [0, 0.05) is 59.2 Å². The third kappa shape index (κ3) is 8.55. The van der Waals surface area contributed by atoms with Crippen molar-refractivity contribution in [2.24, 2.45) is 5.92 Å². The first-order valence-corrected chi connectivity index (χ1v) is 19.6. The Morgan fingerprint density at radius 3 is 2.34 bits per heavy atom. The molecule has 13 heteroatoms. The summed E-state index contributed by atoms with van der Waals surface area (Å²) in [6.07, 6.45) is 6.84. The molecule has 2 N–H and O–H groups in total. The molecule has 3 aromatic heterocycles. The number of pyridine rings is 2. The molecule has 7 rings (SSSR count). The van der Waals surface area contributed by atoms with Gasteiger partial charge in [-0.05, 0) is 82.6 Å². The fourth-order valence-electron chi connectivity index (χ4n) is 7.39. The average molecular weight is 799 g/mol. The number of carbonyl (C=O) groups excluding carboxylic acids is 2. The third-order valence-electron chi connectivity index (χ3n) is 10.4. The topological polar surface area (TPSA) is 135 Å². The second-order valence-electron chi connectivity index (χ2n) is 15.6. The van der Waals surface area contributed by atoms with Crippen molar-refractivity contribution in [2.45, 2.75) is 83.6 Å². The molecule has 0 radical (unpaired) electrons. The van der Waals surface area contributed by atoms with Crippen LogP contribution in [0.1, 0.15) is 64.0 Å². The minimum Gasteiger partial charge on any atom is -0.481 e. The van der Waals surface area contributed by atoms with E-state index in [0.29, 0.717) is 51.6 Å². The molecule has 2 fully saturated rings. The van der Waals surface area contributed by atoms with Crippen molar-refractivity contribution in [3.63, 3.8) is 0 Å². The maximum Gasteiger partial charge on any atom is 0.410 e. The molecule has 1 saturated heterocycles. The molecule has 292 valence electrons. The monoisotopic (exact) mass is 797 g/mol. The number of amides is 2. The molecule has 4 heterocycles. The first-order valence-electron chi connectivity index (χ1n) is 18.9. The van der Waals surface area contributed by atoms with Crippen LogP contribution in [0.5, 0.6) is 5.88 Å². The molecule has 5 aromatic rings. The van der Waals surface area contributed by atoms with Gasteiger partial charge < -0.3 is 24.8 Å². The maximum absolute atomic E-state index is 13.8. The Balaban J connectivity index is 1.14. The highest BCUT2D eigenvalue weighted by molar-refractivity contribution is 6.39. The third-order valence-corrected chi connectivity index (χ3v) is 11.2. The largest absolute Gasteiger partial charge is 0.481 e. The smallest absolute Gasteiger partial charge is 0.410 e. The highest BCUT2D eigenvalue weighted by Crippen LogP contribution is 2.42. The number of halogens is 2. The molecule has 2 aliphatic rings. The number of nitrogens with zero attached hydrogens (tertiary/aromatic N) is 4. The van der Waals surface area contributed by atoms with Crippen LogP contribution >= 0.6 is 23.2 Å². The van der Waals surface area contributed by atoms with E-state index in [2.05, 4.69) is 10.3 Å². The number of carbonyl (C=O) groups is 2. The van der Waals surface area contributed by atoms with Crippen molar-refractivity contribution in [2.75, 3.05) is 13.7 Å². The summed E-state index contributed by atoms with van der Waals surface area (Å²) in [7, 11) is 1.62. The quantitative estimate of drug-likeness (QED) is 0.137. The van der Waals surface area contributed by atoms with Crippen LogP contribution in [0.15, 0.2) is 77.9 Å². The molecule has 11 nitrogen and oxygen atoms in total. The van der Waals surface area contributed by atoms with Crippen molar-refractivity contribution in [1.82, 2.24) is 24.6 Å². The molecular formula is C43H45Cl2N5O6. The Labute approximate surface area is 335 Å². The molecule has 2 amide bonds. The van der Waals surface area contributed by atoms with Crippen LogP contribution in [-0.4, -0.2) is 67.8 Å². The number of fused-ring (bicyclic) bond motifs is 1. The van der Waals surface area contributed by atoms with E-state index in [1.165, 1.54) is 15.5 Å². The van der Waals surface area contributed by atoms with Gasteiger partial charge in [0.2, 0.25) is 11.8 Å². The Morgan fingerprint density at radius 2 is 1.68 bits per heavy atom. The SMILES string of the molecule is COc1nc(-c2cccc(-c3cccc(-c4ccn5c(=O)c(CN(C[C@@H]6CCC(=O)N6)C(=O)OC(C)(C)C)cnc5c4)c3Cl)c2Cl)ccc1CCC1CC(O)C1. The van der Waals surface area contributed by atoms with Crippen molar-refractivity contribution in [3.8, 4) is 39.4 Å². The lowest BCUT2D eigenvalue weighted by Gasteiger charge is -2.31. The number of aryl methyl sites for hydroxylation is 1. The van der Waals surface area contributed by atoms with Crippen LogP contribution in [0.2, 0.25) is 10.0 Å². The van der Waals surface area contributed by atoms with Gasteiger partial charge >= 0.3 is 6.09 Å². The summed E-state index contributed by atoms with van der Waals surface area (Å²) < 4.78 is 12.8. The highest BCUT2D eigenvalue weighted by Gasteiger charge is 2.30. The van der Waals surface area contributed by atoms with Crippen molar-refractivity contribution >= 4 is 40.8 Å². The van der Waals surface area contributed by atoms with E-state index in [0.717, 1.165) is 59.1 Å². The summed E-state index contributed by atoms with van der Waals surface area (Å²) in [6, 6.07) is 18.8. The zero-order chi connectivity index (χ0) is 39.7. The number of rotatable bonds is 11. The summed E-state index contributed by atoms with van der Waals surface area (Å²) in [5.74, 6) is 1.01. The van der Waals surface area contributed by atoms with E-state index in [-0.39, 0.29) is 36.7 Å². The zero-order valence-electron chi connectivity index (χ0n) is 31.9. The minimum absolute atomic E-state index is 0.0376. The Hall–Kier alpha value is -4.97. The Morgan fingerprint density at radius 1 is 0.982 bits per heavy atom. The van der Waals surface area contributed by atoms with Gasteiger partial charge in [0.25, 0.3) is 5.56 Å². The van der Waals surface area contributed by atoms with E-state index in [1.807, 2.05) is 48.5 Å². The Kier molecular flexibility index (Phi) is 11.4. The number of aliphatic hydroxyl groups is 1. The number of methoxy groups -OCH3 is 1. The lowest BCUT2D eigenvalue weighted by atomic mass is 9.79. The first-order chi connectivity index (χ1) is 26.8. The second-order valence-corrected chi connectivity index (χ2v) is 16.4. The lowest BCUT2D eigenvalue weighted by Crippen LogP contribution is -2.44. The van der Waals surface area contributed by atoms with Gasteiger partial charge in [-0.25, -0.2) is 14.8 Å². The van der Waals surface area contributed by atoms with Crippen molar-refractivity contribution in [3.05, 3.63) is 105 Å². The summed E-state index contributed by atoms with van der Waals surface area (Å²) in [5, 5.41) is 13.5. The number of aromatic nitrogens is 3. The molecule has 1 aliphatic heterocycles. The first kappa shape index (κ1) is 39.3. The summed E-state index contributed by atoms with van der Waals surface area (Å²) in [5.41, 5.74) is 4.99. The number of benzene rings is 2. The summed E-state index contributed by atoms with van der Waals surface area (Å²) >= 11 is 14.3. The fourth-order valence-corrected chi connectivity index (χ4v) is 8.05. The van der Waals surface area contributed by atoms with Crippen LogP contribution in [0, 0.1) is 5.92 Å². The fraction of sp³-hybridized carbons (Fsp3) is 0.372. The second kappa shape index (κ2) is 16.3. The average Bonchev–Trinajstić information content (AvgIpc) is 3.57.